The molecule has 0 aromatic heterocycles. The van der Waals surface area contributed by atoms with Gasteiger partial charge in [0.25, 0.3) is 0 Å². The lowest BCUT2D eigenvalue weighted by atomic mass is 10.00. The highest BCUT2D eigenvalue weighted by molar-refractivity contribution is 5.67. The maximum Gasteiger partial charge on any atom is 0.305 e. The highest BCUT2D eigenvalue weighted by Crippen LogP contribution is 2.24. The summed E-state index contributed by atoms with van der Waals surface area (Å²) in [4.78, 5) is 21.7. The van der Waals surface area contributed by atoms with E-state index in [4.69, 9.17) is 14.2 Å². The van der Waals surface area contributed by atoms with Crippen molar-refractivity contribution in [1.82, 2.24) is 0 Å². The maximum atomic E-state index is 10.9. The summed E-state index contributed by atoms with van der Waals surface area (Å²) >= 11 is 0. The zero-order chi connectivity index (χ0) is 13.2. The molecule has 0 bridgehead atoms. The van der Waals surface area contributed by atoms with E-state index in [-0.39, 0.29) is 0 Å². The van der Waals surface area contributed by atoms with E-state index in [1.54, 1.807) is 0 Å². The smallest absolute Gasteiger partial charge is 0.305 e. The lowest BCUT2D eigenvalue weighted by Crippen LogP contribution is -2.58. The van der Waals surface area contributed by atoms with Gasteiger partial charge in [-0.05, 0) is 6.92 Å². The van der Waals surface area contributed by atoms with Crippen LogP contribution < -0.4 is 0 Å². The molecule has 0 amide bonds. The van der Waals surface area contributed by atoms with Crippen molar-refractivity contribution >= 4 is 11.9 Å². The second-order valence-electron chi connectivity index (χ2n) is 3.87. The Kier molecular flexibility index (Phi) is 4.44. The molecule has 5 atom stereocenters. The van der Waals surface area contributed by atoms with Crippen LogP contribution in [0.5, 0.6) is 0 Å². The van der Waals surface area contributed by atoms with Crippen molar-refractivity contribution in [3.05, 3.63) is 0 Å². The van der Waals surface area contributed by atoms with Crippen molar-refractivity contribution in [2.45, 2.75) is 51.5 Å². The summed E-state index contributed by atoms with van der Waals surface area (Å²) in [5.41, 5.74) is 0. The lowest BCUT2D eigenvalue weighted by Gasteiger charge is -2.39. The first-order chi connectivity index (χ1) is 7.82. The van der Waals surface area contributed by atoms with Gasteiger partial charge in [-0.1, -0.05) is 0 Å². The van der Waals surface area contributed by atoms with Gasteiger partial charge in [-0.3, -0.25) is 9.59 Å². The molecule has 1 heterocycles. The molecule has 1 aliphatic heterocycles. The lowest BCUT2D eigenvalue weighted by molar-refractivity contribution is -0.287. The molecule has 0 spiro atoms. The highest BCUT2D eigenvalue weighted by Gasteiger charge is 2.46. The minimum absolute atomic E-state index is 0.636. The molecule has 1 saturated heterocycles. The van der Waals surface area contributed by atoms with Crippen LogP contribution in [0.15, 0.2) is 0 Å². The van der Waals surface area contributed by atoms with Gasteiger partial charge in [0, 0.05) is 13.8 Å². The molecule has 98 valence electrons. The largest absolute Gasteiger partial charge is 0.453 e. The second-order valence-corrected chi connectivity index (χ2v) is 3.87. The molecule has 4 unspecified atom stereocenters. The Hall–Kier alpha value is -1.18. The highest BCUT2D eigenvalue weighted by atomic mass is 16.7. The fourth-order valence-corrected chi connectivity index (χ4v) is 1.58. The van der Waals surface area contributed by atoms with E-state index >= 15 is 0 Å². The van der Waals surface area contributed by atoms with Crippen LogP contribution in [-0.4, -0.2) is 52.9 Å². The molecule has 0 aromatic carbocycles. The first-order valence-corrected chi connectivity index (χ1v) is 5.19. The monoisotopic (exact) mass is 248 g/mol. The van der Waals surface area contributed by atoms with E-state index in [9.17, 15) is 19.8 Å². The number of aliphatic hydroxyl groups is 2. The minimum Gasteiger partial charge on any atom is -0.453 e. The number of hydrogen-bond acceptors (Lipinski definition) is 7. The van der Waals surface area contributed by atoms with Gasteiger partial charge in [-0.15, -0.1) is 0 Å². The topological polar surface area (TPSA) is 102 Å². The zero-order valence-electron chi connectivity index (χ0n) is 9.82. The molecule has 7 nitrogen and oxygen atoms in total. The van der Waals surface area contributed by atoms with Crippen LogP contribution in [0, 0.1) is 0 Å². The molecule has 2 N–H and O–H groups in total. The second kappa shape index (κ2) is 5.44. The molecular weight excluding hydrogens is 232 g/mol. The summed E-state index contributed by atoms with van der Waals surface area (Å²) < 4.78 is 14.7. The molecule has 0 saturated carbocycles. The summed E-state index contributed by atoms with van der Waals surface area (Å²) in [6.45, 7) is 3.81. The van der Waals surface area contributed by atoms with Crippen molar-refractivity contribution in [3.63, 3.8) is 0 Å². The van der Waals surface area contributed by atoms with E-state index in [0.29, 0.717) is 0 Å². The first-order valence-electron chi connectivity index (χ1n) is 5.19. The standard InChI is InChI=1S/C10H16O7/c1-4-7(13)8(14)9(16-5(2)11)10(15-4)17-6(3)12/h4,7-10,13-14H,1-3H3/t4?,7-,8?,9?,10?/m0/s1. The minimum atomic E-state index is -1.37. The fourth-order valence-electron chi connectivity index (χ4n) is 1.58. The van der Waals surface area contributed by atoms with Crippen LogP contribution in [0.2, 0.25) is 0 Å². The molecule has 1 fully saturated rings. The van der Waals surface area contributed by atoms with Gasteiger partial charge in [0.05, 0.1) is 6.10 Å². The maximum absolute atomic E-state index is 10.9. The quantitative estimate of drug-likeness (QED) is 0.601. The summed E-state index contributed by atoms with van der Waals surface area (Å²) in [5.74, 6) is -1.31. The van der Waals surface area contributed by atoms with Gasteiger partial charge >= 0.3 is 11.9 Å². The van der Waals surface area contributed by atoms with Crippen molar-refractivity contribution in [3.8, 4) is 0 Å². The van der Waals surface area contributed by atoms with E-state index in [1.165, 1.54) is 6.92 Å². The Balaban J connectivity index is 2.82. The van der Waals surface area contributed by atoms with Crippen LogP contribution in [0.3, 0.4) is 0 Å². The zero-order valence-corrected chi connectivity index (χ0v) is 9.82. The normalized spacial score (nSPS) is 37.4. The van der Waals surface area contributed by atoms with E-state index in [1.807, 2.05) is 0 Å². The van der Waals surface area contributed by atoms with Crippen molar-refractivity contribution in [1.29, 1.82) is 0 Å². The van der Waals surface area contributed by atoms with E-state index in [2.05, 4.69) is 0 Å². The summed E-state index contributed by atoms with van der Waals surface area (Å²) in [6, 6.07) is 0. The van der Waals surface area contributed by atoms with Crippen LogP contribution in [0.1, 0.15) is 20.8 Å². The van der Waals surface area contributed by atoms with E-state index in [0.717, 1.165) is 13.8 Å². The SMILES string of the molecule is CC(=O)OC1OC(C)[C@H](O)C(O)C1OC(C)=O. The summed E-state index contributed by atoms with van der Waals surface area (Å²) in [6.07, 6.45) is -5.77. The Morgan fingerprint density at radius 2 is 1.59 bits per heavy atom. The van der Waals surface area contributed by atoms with Crippen LogP contribution in [0.25, 0.3) is 0 Å². The molecular formula is C10H16O7. The summed E-state index contributed by atoms with van der Waals surface area (Å²) in [7, 11) is 0. The van der Waals surface area contributed by atoms with Crippen molar-refractivity contribution in [2.24, 2.45) is 0 Å². The Labute approximate surface area is 98.3 Å². The average Bonchev–Trinajstić information content (AvgIpc) is 2.20. The Morgan fingerprint density at radius 1 is 1.06 bits per heavy atom. The van der Waals surface area contributed by atoms with Crippen molar-refractivity contribution < 1.29 is 34.0 Å². The van der Waals surface area contributed by atoms with Gasteiger partial charge < -0.3 is 24.4 Å². The van der Waals surface area contributed by atoms with Gasteiger partial charge in [-0.25, -0.2) is 0 Å². The van der Waals surface area contributed by atoms with Crippen LogP contribution in [-0.2, 0) is 23.8 Å². The molecule has 1 rings (SSSR count). The molecule has 0 aliphatic carbocycles. The number of carbonyl (C=O) groups is 2. The third kappa shape index (κ3) is 3.39. The molecule has 0 aromatic rings. The molecule has 1 aliphatic rings. The average molecular weight is 248 g/mol. The molecule has 7 heteroatoms. The molecule has 0 radical (unpaired) electrons. The van der Waals surface area contributed by atoms with Gasteiger partial charge in [0.15, 0.2) is 6.10 Å². The Bertz CT molecular complexity index is 303. The Morgan fingerprint density at radius 3 is 2.06 bits per heavy atom. The predicted octanol–water partition coefficient (Wildman–Crippen LogP) is -1.05. The van der Waals surface area contributed by atoms with Crippen molar-refractivity contribution in [2.75, 3.05) is 0 Å². The predicted molar refractivity (Wildman–Crippen MR) is 53.7 cm³/mol. The number of esters is 2. The number of hydrogen-bond donors (Lipinski definition) is 2. The number of carbonyl (C=O) groups excluding carboxylic acids is 2. The third-order valence-corrected chi connectivity index (χ3v) is 2.37. The molecule has 17 heavy (non-hydrogen) atoms. The van der Waals surface area contributed by atoms with Crippen LogP contribution in [0.4, 0.5) is 0 Å². The van der Waals surface area contributed by atoms with E-state index < -0.39 is 42.6 Å². The van der Waals surface area contributed by atoms with Gasteiger partial charge in [0.1, 0.15) is 12.2 Å². The van der Waals surface area contributed by atoms with Gasteiger partial charge in [0.2, 0.25) is 6.29 Å². The number of aliphatic hydroxyl groups excluding tert-OH is 2. The first kappa shape index (κ1) is 13.9. The summed E-state index contributed by atoms with van der Waals surface area (Å²) in [5, 5.41) is 19.3. The third-order valence-electron chi connectivity index (χ3n) is 2.37. The van der Waals surface area contributed by atoms with Crippen LogP contribution >= 0.6 is 0 Å². The van der Waals surface area contributed by atoms with Gasteiger partial charge in [-0.2, -0.15) is 0 Å². The number of rotatable bonds is 2. The number of ether oxygens (including phenoxy) is 3. The fraction of sp³-hybridized carbons (Fsp3) is 0.800.